The maximum absolute atomic E-state index is 5.04. The summed E-state index contributed by atoms with van der Waals surface area (Å²) in [5, 5.41) is 0. The summed E-state index contributed by atoms with van der Waals surface area (Å²) in [4.78, 5) is 19.4. The van der Waals surface area contributed by atoms with Crippen LogP contribution in [-0.4, -0.2) is 19.9 Å². The van der Waals surface area contributed by atoms with Gasteiger partial charge in [-0.25, -0.2) is 15.0 Å². The molecule has 0 N–H and O–H groups in total. The van der Waals surface area contributed by atoms with Gasteiger partial charge in [0.1, 0.15) is 0 Å². The molecule has 0 radical (unpaired) electrons. The Kier molecular flexibility index (Phi) is 7.69. The monoisotopic (exact) mass is 574 g/mol. The van der Waals surface area contributed by atoms with Crippen molar-refractivity contribution in [2.75, 3.05) is 0 Å². The van der Waals surface area contributed by atoms with E-state index in [0.717, 1.165) is 33.4 Å². The highest BCUT2D eigenvalue weighted by Gasteiger charge is 2.22. The number of rotatable bonds is 5. The number of benzene rings is 4. The lowest BCUT2D eigenvalue weighted by Crippen LogP contribution is -2.16. The normalized spacial score (nSPS) is 11.9. The van der Waals surface area contributed by atoms with E-state index >= 15 is 0 Å². The Morgan fingerprint density at radius 1 is 0.386 bits per heavy atom. The van der Waals surface area contributed by atoms with Crippen molar-refractivity contribution in [3.05, 3.63) is 133 Å². The maximum atomic E-state index is 5.04. The molecule has 0 bridgehead atoms. The molecule has 44 heavy (non-hydrogen) atoms. The minimum atomic E-state index is 0.00316. The van der Waals surface area contributed by atoms with Crippen LogP contribution < -0.4 is 0 Å². The molecule has 2 heterocycles. The predicted molar refractivity (Wildman–Crippen MR) is 182 cm³/mol. The minimum Gasteiger partial charge on any atom is -0.264 e. The fraction of sp³-hybridized carbons (Fsp3) is 0.200. The van der Waals surface area contributed by atoms with E-state index in [1.165, 1.54) is 16.7 Å². The van der Waals surface area contributed by atoms with Gasteiger partial charge in [0.15, 0.2) is 17.5 Å². The van der Waals surface area contributed by atoms with Crippen LogP contribution >= 0.6 is 0 Å². The van der Waals surface area contributed by atoms with E-state index in [-0.39, 0.29) is 10.8 Å². The third-order valence-electron chi connectivity index (χ3n) is 7.88. The first kappa shape index (κ1) is 29.1. The van der Waals surface area contributed by atoms with Crippen LogP contribution in [0.2, 0.25) is 0 Å². The van der Waals surface area contributed by atoms with Gasteiger partial charge in [-0.1, -0.05) is 126 Å². The summed E-state index contributed by atoms with van der Waals surface area (Å²) in [5.74, 6) is 1.92. The highest BCUT2D eigenvalue weighted by Crippen LogP contribution is 2.37. The highest BCUT2D eigenvalue weighted by atomic mass is 15.0. The second-order valence-electron chi connectivity index (χ2n) is 13.4. The summed E-state index contributed by atoms with van der Waals surface area (Å²) in [6, 6.07) is 37.9. The second kappa shape index (κ2) is 11.6. The highest BCUT2D eigenvalue weighted by molar-refractivity contribution is 5.80. The molecule has 4 heteroatoms. The van der Waals surface area contributed by atoms with Gasteiger partial charge in [0.25, 0.3) is 0 Å². The van der Waals surface area contributed by atoms with Gasteiger partial charge in [0.05, 0.1) is 0 Å². The quantitative estimate of drug-likeness (QED) is 0.206. The Balaban J connectivity index is 1.61. The summed E-state index contributed by atoms with van der Waals surface area (Å²) in [5.41, 5.74) is 9.84. The van der Waals surface area contributed by atoms with Gasteiger partial charge in [-0.15, -0.1) is 0 Å². The predicted octanol–water partition coefficient (Wildman–Crippen LogP) is 10.2. The molecule has 0 saturated carbocycles. The van der Waals surface area contributed by atoms with Crippen molar-refractivity contribution in [2.24, 2.45) is 0 Å². The summed E-state index contributed by atoms with van der Waals surface area (Å²) < 4.78 is 0. The molecule has 2 aromatic heterocycles. The largest absolute Gasteiger partial charge is 0.264 e. The molecule has 0 unspecified atom stereocenters. The Labute approximate surface area is 261 Å². The van der Waals surface area contributed by atoms with Gasteiger partial charge in [-0.3, -0.25) is 4.98 Å². The summed E-state index contributed by atoms with van der Waals surface area (Å²) in [7, 11) is 0. The molecule has 0 spiro atoms. The van der Waals surface area contributed by atoms with Crippen LogP contribution in [0.25, 0.3) is 56.4 Å². The fourth-order valence-corrected chi connectivity index (χ4v) is 5.22. The molecule has 0 aliphatic carbocycles. The molecule has 4 nitrogen and oxygen atoms in total. The fourth-order valence-electron chi connectivity index (χ4n) is 5.22. The first-order valence-electron chi connectivity index (χ1n) is 15.1. The molecule has 0 fully saturated rings. The van der Waals surface area contributed by atoms with E-state index in [1.54, 1.807) is 6.20 Å². The van der Waals surface area contributed by atoms with E-state index in [1.807, 2.05) is 72.9 Å². The zero-order valence-electron chi connectivity index (χ0n) is 26.3. The maximum Gasteiger partial charge on any atom is 0.164 e. The molecule has 0 aliphatic heterocycles. The lowest BCUT2D eigenvalue weighted by atomic mass is 9.78. The molecule has 0 amide bonds. The van der Waals surface area contributed by atoms with E-state index in [9.17, 15) is 0 Å². The third-order valence-corrected chi connectivity index (χ3v) is 7.88. The average Bonchev–Trinajstić information content (AvgIpc) is 3.04. The summed E-state index contributed by atoms with van der Waals surface area (Å²) in [6.07, 6.45) is 3.72. The Morgan fingerprint density at radius 2 is 0.795 bits per heavy atom. The van der Waals surface area contributed by atoms with Crippen molar-refractivity contribution in [1.82, 2.24) is 19.9 Å². The summed E-state index contributed by atoms with van der Waals surface area (Å²) in [6.45, 7) is 13.6. The number of hydrogen-bond acceptors (Lipinski definition) is 4. The zero-order valence-corrected chi connectivity index (χ0v) is 26.3. The number of hydrogen-bond donors (Lipinski definition) is 0. The smallest absolute Gasteiger partial charge is 0.164 e. The Bertz CT molecular complexity index is 1810. The first-order chi connectivity index (χ1) is 21.0. The molecule has 0 aliphatic rings. The number of aromatic nitrogens is 4. The van der Waals surface area contributed by atoms with Crippen molar-refractivity contribution < 1.29 is 0 Å². The van der Waals surface area contributed by atoms with E-state index in [2.05, 4.69) is 89.0 Å². The van der Waals surface area contributed by atoms with Crippen molar-refractivity contribution in [3.8, 4) is 56.4 Å². The van der Waals surface area contributed by atoms with Gasteiger partial charge in [-0.05, 0) is 62.9 Å². The van der Waals surface area contributed by atoms with Crippen molar-refractivity contribution in [1.29, 1.82) is 0 Å². The molecule has 0 saturated heterocycles. The van der Waals surface area contributed by atoms with Crippen molar-refractivity contribution >= 4 is 0 Å². The second-order valence-corrected chi connectivity index (χ2v) is 13.4. The van der Waals surface area contributed by atoms with E-state index < -0.39 is 0 Å². The van der Waals surface area contributed by atoms with Gasteiger partial charge >= 0.3 is 0 Å². The molecule has 218 valence electrons. The van der Waals surface area contributed by atoms with Crippen LogP contribution in [0.5, 0.6) is 0 Å². The lowest BCUT2D eigenvalue weighted by molar-refractivity contribution is 0.569. The molecular weight excluding hydrogens is 536 g/mol. The van der Waals surface area contributed by atoms with Gasteiger partial charge < -0.3 is 0 Å². The topological polar surface area (TPSA) is 51.6 Å². The Morgan fingerprint density at radius 3 is 1.25 bits per heavy atom. The number of pyridine rings is 1. The molecule has 6 aromatic rings. The van der Waals surface area contributed by atoms with Crippen LogP contribution in [0.1, 0.15) is 52.7 Å². The lowest BCUT2D eigenvalue weighted by Gasteiger charge is -2.26. The van der Waals surface area contributed by atoms with Crippen LogP contribution in [0.3, 0.4) is 0 Å². The van der Waals surface area contributed by atoms with Crippen LogP contribution in [0.15, 0.2) is 122 Å². The molecule has 0 atom stereocenters. The summed E-state index contributed by atoms with van der Waals surface area (Å²) >= 11 is 0. The van der Waals surface area contributed by atoms with Crippen LogP contribution in [0.4, 0.5) is 0 Å². The van der Waals surface area contributed by atoms with Gasteiger partial charge in [0, 0.05) is 34.6 Å². The van der Waals surface area contributed by atoms with E-state index in [4.69, 9.17) is 15.0 Å². The zero-order chi connectivity index (χ0) is 30.9. The average molecular weight is 575 g/mol. The van der Waals surface area contributed by atoms with Crippen LogP contribution in [-0.2, 0) is 10.8 Å². The third kappa shape index (κ3) is 6.35. The van der Waals surface area contributed by atoms with Gasteiger partial charge in [0.2, 0.25) is 0 Å². The van der Waals surface area contributed by atoms with Gasteiger partial charge in [-0.2, -0.15) is 0 Å². The Hall–Kier alpha value is -4.96. The van der Waals surface area contributed by atoms with E-state index in [0.29, 0.717) is 17.5 Å². The SMILES string of the molecule is CC(C)(C)c1cc(-c2cc(-c3cccnc3)cc(-c3nc(-c4ccccc4)nc(-c4ccccc4)n3)c2)cc(C(C)(C)C)c1. The minimum absolute atomic E-state index is 0.00316. The molecule has 6 rings (SSSR count). The number of nitrogens with zero attached hydrogens (tertiary/aromatic N) is 4. The van der Waals surface area contributed by atoms with Crippen molar-refractivity contribution in [2.45, 2.75) is 52.4 Å². The standard InChI is InChI=1S/C40H38N4/c1-39(2,3)34-23-32(24-35(25-34)40(4,5)6)31-20-30(29-18-13-19-41-26-29)21-33(22-31)38-43-36(27-14-9-7-10-15-27)42-37(44-38)28-16-11-8-12-17-28/h7-26H,1-6H3. The first-order valence-corrected chi connectivity index (χ1v) is 15.1. The van der Waals surface area contributed by atoms with Crippen LogP contribution in [0, 0.1) is 0 Å². The molecular formula is C40H38N4. The van der Waals surface area contributed by atoms with Crippen molar-refractivity contribution in [3.63, 3.8) is 0 Å². The molecule has 4 aromatic carbocycles.